The molecular formula is C10H21N5. The highest BCUT2D eigenvalue weighted by atomic mass is 15.8. The minimum Gasteiger partial charge on any atom is -0.243 e. The monoisotopic (exact) mass is 211 g/mol. The van der Waals surface area contributed by atoms with Crippen LogP contribution in [0.4, 0.5) is 0 Å². The van der Waals surface area contributed by atoms with Crippen LogP contribution in [-0.4, -0.2) is 13.1 Å². The van der Waals surface area contributed by atoms with Crippen molar-refractivity contribution in [3.63, 3.8) is 0 Å². The van der Waals surface area contributed by atoms with Crippen molar-refractivity contribution in [3.05, 3.63) is 0 Å². The molecule has 0 fully saturated rings. The van der Waals surface area contributed by atoms with Gasteiger partial charge in [0.2, 0.25) is 0 Å². The molecule has 1 aliphatic rings. The smallest absolute Gasteiger partial charge is 0.0725 e. The predicted molar refractivity (Wildman–Crippen MR) is 60.9 cm³/mol. The molecular weight excluding hydrogens is 190 g/mol. The van der Waals surface area contributed by atoms with Gasteiger partial charge >= 0.3 is 0 Å². The van der Waals surface area contributed by atoms with Crippen LogP contribution in [0.15, 0.2) is 0 Å². The van der Waals surface area contributed by atoms with Gasteiger partial charge in [-0.2, -0.15) is 16.6 Å². The van der Waals surface area contributed by atoms with Gasteiger partial charge in [0.25, 0.3) is 0 Å². The van der Waals surface area contributed by atoms with E-state index in [0.717, 1.165) is 13.0 Å². The predicted octanol–water partition coefficient (Wildman–Crippen LogP) is -0.0480. The fraction of sp³-hybridized carbons (Fsp3) is 0.800. The molecule has 1 rings (SSSR count). The zero-order chi connectivity index (χ0) is 10.6. The Bertz CT molecular complexity index is 178. The molecule has 5 nitrogen and oxygen atoms in total. The summed E-state index contributed by atoms with van der Waals surface area (Å²) in [6.07, 6.45) is 7.34. The van der Waals surface area contributed by atoms with E-state index in [0.29, 0.717) is 6.54 Å². The Kier molecular flexibility index (Phi) is 8.20. The van der Waals surface area contributed by atoms with Crippen molar-refractivity contribution in [2.45, 2.75) is 38.5 Å². The van der Waals surface area contributed by atoms with E-state index >= 15 is 0 Å². The number of nitrogens with one attached hydrogen (secondary N) is 5. The van der Waals surface area contributed by atoms with E-state index in [9.17, 15) is 0 Å². The SMILES string of the molecule is C1#CCNNNNNCCCCCCC1. The molecule has 5 N–H and O–H groups in total. The molecule has 15 heavy (non-hydrogen) atoms. The first-order valence-corrected chi connectivity index (χ1v) is 5.66. The normalized spacial score (nSPS) is 21.9. The Labute approximate surface area is 91.6 Å². The first-order chi connectivity index (χ1) is 7.50. The number of hydrogen-bond donors (Lipinski definition) is 5. The molecule has 0 saturated carbocycles. The van der Waals surface area contributed by atoms with Gasteiger partial charge in [-0.15, -0.1) is 5.92 Å². The number of hydrogen-bond acceptors (Lipinski definition) is 5. The average molecular weight is 211 g/mol. The highest BCUT2D eigenvalue weighted by Crippen LogP contribution is 2.03. The molecule has 0 radical (unpaired) electrons. The third-order valence-corrected chi connectivity index (χ3v) is 2.21. The molecule has 0 saturated heterocycles. The topological polar surface area (TPSA) is 60.1 Å². The second kappa shape index (κ2) is 9.90. The molecule has 0 atom stereocenters. The first kappa shape index (κ1) is 12.4. The first-order valence-electron chi connectivity index (χ1n) is 5.66. The van der Waals surface area contributed by atoms with Gasteiger partial charge in [-0.05, 0) is 12.8 Å². The maximum Gasteiger partial charge on any atom is 0.0725 e. The van der Waals surface area contributed by atoms with E-state index in [1.807, 2.05) is 0 Å². The Balaban J connectivity index is 2.10. The highest BCUT2D eigenvalue weighted by Gasteiger charge is 1.90. The summed E-state index contributed by atoms with van der Waals surface area (Å²) in [6.45, 7) is 1.62. The van der Waals surface area contributed by atoms with E-state index < -0.39 is 0 Å². The van der Waals surface area contributed by atoms with Gasteiger partial charge in [-0.1, -0.05) is 25.2 Å². The summed E-state index contributed by atoms with van der Waals surface area (Å²) in [6, 6.07) is 0. The van der Waals surface area contributed by atoms with E-state index in [2.05, 4.69) is 39.3 Å². The molecule has 0 spiro atoms. The Hall–Kier alpha value is -0.640. The third-order valence-electron chi connectivity index (χ3n) is 2.21. The molecule has 5 heteroatoms. The van der Waals surface area contributed by atoms with Crippen LogP contribution in [0, 0.1) is 11.8 Å². The standard InChI is InChI=1S/C10H21N5/c1-2-4-6-8-10-12-14-15-13-11-9-7-5-3-1/h11-15H,1-5,7,9-10H2. The van der Waals surface area contributed by atoms with Crippen molar-refractivity contribution in [1.29, 1.82) is 0 Å². The van der Waals surface area contributed by atoms with Crippen molar-refractivity contribution in [2.75, 3.05) is 13.1 Å². The molecule has 0 bridgehead atoms. The van der Waals surface area contributed by atoms with Crippen molar-refractivity contribution in [2.24, 2.45) is 0 Å². The molecule has 0 unspecified atom stereocenters. The number of rotatable bonds is 0. The van der Waals surface area contributed by atoms with Gasteiger partial charge in [0.1, 0.15) is 0 Å². The van der Waals surface area contributed by atoms with Crippen LogP contribution in [0.5, 0.6) is 0 Å². The molecule has 1 aliphatic heterocycles. The molecule has 0 aliphatic carbocycles. The van der Waals surface area contributed by atoms with Crippen molar-refractivity contribution >= 4 is 0 Å². The second-order valence-electron chi connectivity index (χ2n) is 3.53. The van der Waals surface area contributed by atoms with Crippen LogP contribution in [-0.2, 0) is 0 Å². The summed E-state index contributed by atoms with van der Waals surface area (Å²) in [7, 11) is 0. The summed E-state index contributed by atoms with van der Waals surface area (Å²) in [5, 5.41) is 0. The largest absolute Gasteiger partial charge is 0.243 e. The van der Waals surface area contributed by atoms with E-state index in [4.69, 9.17) is 0 Å². The average Bonchev–Trinajstić information content (AvgIpc) is 2.27. The van der Waals surface area contributed by atoms with Gasteiger partial charge in [0.15, 0.2) is 0 Å². The van der Waals surface area contributed by atoms with E-state index in [1.165, 1.54) is 32.1 Å². The Morgan fingerprint density at radius 1 is 0.667 bits per heavy atom. The maximum atomic E-state index is 3.14. The zero-order valence-electron chi connectivity index (χ0n) is 9.16. The molecule has 0 aromatic heterocycles. The fourth-order valence-corrected chi connectivity index (χ4v) is 1.38. The third kappa shape index (κ3) is 8.36. The lowest BCUT2D eigenvalue weighted by Crippen LogP contribution is -2.55. The molecule has 86 valence electrons. The molecule has 0 aromatic carbocycles. The lowest BCUT2D eigenvalue weighted by Gasteiger charge is -2.09. The van der Waals surface area contributed by atoms with Crippen LogP contribution in [0.3, 0.4) is 0 Å². The summed E-state index contributed by atoms with van der Waals surface area (Å²) in [5.41, 5.74) is 14.3. The van der Waals surface area contributed by atoms with Crippen LogP contribution >= 0.6 is 0 Å². The van der Waals surface area contributed by atoms with Crippen molar-refractivity contribution in [1.82, 2.24) is 27.5 Å². The van der Waals surface area contributed by atoms with Gasteiger partial charge in [0.05, 0.1) is 6.54 Å². The van der Waals surface area contributed by atoms with Gasteiger partial charge in [-0.25, -0.2) is 10.9 Å². The number of hydrazine groups is 4. The summed E-state index contributed by atoms with van der Waals surface area (Å²) < 4.78 is 0. The van der Waals surface area contributed by atoms with Gasteiger partial charge < -0.3 is 0 Å². The van der Waals surface area contributed by atoms with Crippen molar-refractivity contribution < 1.29 is 0 Å². The highest BCUT2D eigenvalue weighted by molar-refractivity contribution is 5.00. The van der Waals surface area contributed by atoms with Crippen LogP contribution < -0.4 is 27.5 Å². The lowest BCUT2D eigenvalue weighted by atomic mass is 10.1. The second-order valence-corrected chi connectivity index (χ2v) is 3.53. The minimum atomic E-state index is 0.647. The maximum absolute atomic E-state index is 3.14. The molecule has 0 amide bonds. The van der Waals surface area contributed by atoms with E-state index in [1.54, 1.807) is 0 Å². The molecule has 1 heterocycles. The summed E-state index contributed by atoms with van der Waals surface area (Å²) >= 11 is 0. The van der Waals surface area contributed by atoms with E-state index in [-0.39, 0.29) is 0 Å². The van der Waals surface area contributed by atoms with Gasteiger partial charge in [-0.3, -0.25) is 0 Å². The van der Waals surface area contributed by atoms with Gasteiger partial charge in [0, 0.05) is 13.0 Å². The summed E-state index contributed by atoms with van der Waals surface area (Å²) in [4.78, 5) is 0. The lowest BCUT2D eigenvalue weighted by molar-refractivity contribution is 0.332. The molecule has 0 aromatic rings. The summed E-state index contributed by atoms with van der Waals surface area (Å²) in [5.74, 6) is 6.18. The van der Waals surface area contributed by atoms with Crippen LogP contribution in [0.25, 0.3) is 0 Å². The minimum absolute atomic E-state index is 0.647. The quantitative estimate of drug-likeness (QED) is 0.364. The zero-order valence-corrected chi connectivity index (χ0v) is 9.16. The van der Waals surface area contributed by atoms with Crippen LogP contribution in [0.2, 0.25) is 0 Å². The van der Waals surface area contributed by atoms with Crippen LogP contribution in [0.1, 0.15) is 38.5 Å². The Morgan fingerprint density at radius 2 is 1.47 bits per heavy atom. The fourth-order valence-electron chi connectivity index (χ4n) is 1.38. The van der Waals surface area contributed by atoms with Crippen molar-refractivity contribution in [3.8, 4) is 11.8 Å². The Morgan fingerprint density at radius 3 is 2.47 bits per heavy atom.